The monoisotopic (exact) mass is 237 g/mol. The third kappa shape index (κ3) is 2.21. The summed E-state index contributed by atoms with van der Waals surface area (Å²) in [6.45, 7) is 4.11. The highest BCUT2D eigenvalue weighted by molar-refractivity contribution is 7.15. The molecule has 1 nitrogen and oxygen atoms in total. The van der Waals surface area contributed by atoms with Crippen molar-refractivity contribution in [3.63, 3.8) is 0 Å². The molecular weight excluding hydrogens is 226 g/mol. The topological polar surface area (TPSA) is 12.9 Å². The summed E-state index contributed by atoms with van der Waals surface area (Å²) in [6, 6.07) is 8.44. The van der Waals surface area contributed by atoms with Crippen molar-refractivity contribution >= 4 is 22.9 Å². The fourth-order valence-electron chi connectivity index (χ4n) is 1.57. The number of thiazole rings is 1. The van der Waals surface area contributed by atoms with E-state index in [0.717, 1.165) is 10.7 Å². The van der Waals surface area contributed by atoms with Gasteiger partial charge in [0.2, 0.25) is 0 Å². The van der Waals surface area contributed by atoms with Gasteiger partial charge >= 0.3 is 0 Å². The quantitative estimate of drug-likeness (QED) is 0.715. The van der Waals surface area contributed by atoms with Crippen LogP contribution in [0.5, 0.6) is 0 Å². The van der Waals surface area contributed by atoms with E-state index < -0.39 is 0 Å². The Hall–Kier alpha value is -0.860. The van der Waals surface area contributed by atoms with Gasteiger partial charge in [-0.3, -0.25) is 0 Å². The maximum atomic E-state index is 5.88. The lowest BCUT2D eigenvalue weighted by atomic mass is 10.1. The van der Waals surface area contributed by atoms with Crippen LogP contribution in [0.1, 0.15) is 16.3 Å². The standard InChI is InChI=1S/C12H12ClNS/c1-8-4-3-5-10(6-8)12-11(7-13)14-9(2)15-12/h3-6H,7H2,1-2H3. The molecule has 0 saturated carbocycles. The van der Waals surface area contributed by atoms with Crippen LogP contribution in [-0.4, -0.2) is 4.98 Å². The number of aryl methyl sites for hydroxylation is 2. The smallest absolute Gasteiger partial charge is 0.0904 e. The Labute approximate surface area is 98.7 Å². The highest BCUT2D eigenvalue weighted by Gasteiger charge is 2.09. The molecular formula is C12H12ClNS. The number of aromatic nitrogens is 1. The predicted octanol–water partition coefficient (Wildman–Crippen LogP) is 4.17. The van der Waals surface area contributed by atoms with Crippen molar-refractivity contribution in [1.29, 1.82) is 0 Å². The number of hydrogen-bond acceptors (Lipinski definition) is 2. The third-order valence-electron chi connectivity index (χ3n) is 2.21. The van der Waals surface area contributed by atoms with E-state index in [9.17, 15) is 0 Å². The van der Waals surface area contributed by atoms with Crippen LogP contribution in [0.15, 0.2) is 24.3 Å². The van der Waals surface area contributed by atoms with Gasteiger partial charge in [0.25, 0.3) is 0 Å². The zero-order chi connectivity index (χ0) is 10.8. The van der Waals surface area contributed by atoms with E-state index in [4.69, 9.17) is 11.6 Å². The summed E-state index contributed by atoms with van der Waals surface area (Å²) in [5.41, 5.74) is 3.47. The van der Waals surface area contributed by atoms with Crippen molar-refractivity contribution in [3.05, 3.63) is 40.5 Å². The van der Waals surface area contributed by atoms with Crippen LogP contribution in [0.4, 0.5) is 0 Å². The second kappa shape index (κ2) is 4.33. The van der Waals surface area contributed by atoms with E-state index >= 15 is 0 Å². The third-order valence-corrected chi connectivity index (χ3v) is 3.53. The zero-order valence-electron chi connectivity index (χ0n) is 8.75. The molecule has 3 heteroatoms. The molecule has 0 spiro atoms. The summed E-state index contributed by atoms with van der Waals surface area (Å²) in [4.78, 5) is 5.62. The average molecular weight is 238 g/mol. The lowest BCUT2D eigenvalue weighted by Crippen LogP contribution is -1.83. The van der Waals surface area contributed by atoms with Crippen LogP contribution in [-0.2, 0) is 5.88 Å². The largest absolute Gasteiger partial charge is 0.245 e. The van der Waals surface area contributed by atoms with Crippen molar-refractivity contribution in [2.24, 2.45) is 0 Å². The maximum absolute atomic E-state index is 5.88. The molecule has 2 rings (SSSR count). The number of nitrogens with zero attached hydrogens (tertiary/aromatic N) is 1. The second-order valence-electron chi connectivity index (χ2n) is 3.51. The molecule has 0 atom stereocenters. The summed E-state index contributed by atoms with van der Waals surface area (Å²) in [5.74, 6) is 0.480. The lowest BCUT2D eigenvalue weighted by molar-refractivity contribution is 1.17. The minimum Gasteiger partial charge on any atom is -0.245 e. The highest BCUT2D eigenvalue weighted by Crippen LogP contribution is 2.31. The van der Waals surface area contributed by atoms with Crippen molar-refractivity contribution in [3.8, 4) is 10.4 Å². The summed E-state index contributed by atoms with van der Waals surface area (Å²) < 4.78 is 0. The minimum atomic E-state index is 0.480. The van der Waals surface area contributed by atoms with Gasteiger partial charge in [-0.2, -0.15) is 0 Å². The minimum absolute atomic E-state index is 0.480. The maximum Gasteiger partial charge on any atom is 0.0904 e. The average Bonchev–Trinajstić information content (AvgIpc) is 2.59. The molecule has 0 unspecified atom stereocenters. The molecule has 0 radical (unpaired) electrons. The van der Waals surface area contributed by atoms with Gasteiger partial charge in [0.15, 0.2) is 0 Å². The van der Waals surface area contributed by atoms with Crippen LogP contribution >= 0.6 is 22.9 Å². The predicted molar refractivity (Wildman–Crippen MR) is 66.6 cm³/mol. The van der Waals surface area contributed by atoms with Crippen LogP contribution in [0, 0.1) is 13.8 Å². The number of benzene rings is 1. The van der Waals surface area contributed by atoms with Gasteiger partial charge in [0, 0.05) is 0 Å². The molecule has 0 saturated heterocycles. The van der Waals surface area contributed by atoms with Gasteiger partial charge in [-0.15, -0.1) is 22.9 Å². The van der Waals surface area contributed by atoms with Crippen LogP contribution < -0.4 is 0 Å². The zero-order valence-corrected chi connectivity index (χ0v) is 10.3. The summed E-state index contributed by atoms with van der Waals surface area (Å²) in [7, 11) is 0. The Balaban J connectivity index is 2.53. The molecule has 15 heavy (non-hydrogen) atoms. The fourth-order valence-corrected chi connectivity index (χ4v) is 2.78. The molecule has 0 aliphatic rings. The summed E-state index contributed by atoms with van der Waals surface area (Å²) in [6.07, 6.45) is 0. The molecule has 0 N–H and O–H groups in total. The number of alkyl halides is 1. The first-order valence-corrected chi connectivity index (χ1v) is 6.15. The molecule has 2 aromatic rings. The molecule has 0 aliphatic carbocycles. The Bertz CT molecular complexity index is 476. The molecule has 78 valence electrons. The first kappa shape index (κ1) is 10.7. The van der Waals surface area contributed by atoms with Gasteiger partial charge in [0.05, 0.1) is 21.5 Å². The SMILES string of the molecule is Cc1cccc(-c2sc(C)nc2CCl)c1. The van der Waals surface area contributed by atoms with E-state index in [1.807, 2.05) is 6.92 Å². The molecule has 1 aromatic heterocycles. The van der Waals surface area contributed by atoms with Crippen LogP contribution in [0.25, 0.3) is 10.4 Å². The van der Waals surface area contributed by atoms with E-state index in [2.05, 4.69) is 36.2 Å². The van der Waals surface area contributed by atoms with Crippen molar-refractivity contribution in [1.82, 2.24) is 4.98 Å². The lowest BCUT2D eigenvalue weighted by Gasteiger charge is -2.00. The Morgan fingerprint density at radius 2 is 2.13 bits per heavy atom. The van der Waals surface area contributed by atoms with Gasteiger partial charge in [0.1, 0.15) is 0 Å². The van der Waals surface area contributed by atoms with Crippen molar-refractivity contribution in [2.45, 2.75) is 19.7 Å². The first-order valence-electron chi connectivity index (χ1n) is 4.80. The van der Waals surface area contributed by atoms with Crippen LogP contribution in [0.3, 0.4) is 0 Å². The van der Waals surface area contributed by atoms with Gasteiger partial charge in [-0.25, -0.2) is 4.98 Å². The molecule has 0 aliphatic heterocycles. The van der Waals surface area contributed by atoms with Crippen LogP contribution in [0.2, 0.25) is 0 Å². The van der Waals surface area contributed by atoms with E-state index in [1.54, 1.807) is 11.3 Å². The van der Waals surface area contributed by atoms with Gasteiger partial charge in [-0.05, 0) is 19.4 Å². The Kier molecular flexibility index (Phi) is 3.08. The number of halogens is 1. The second-order valence-corrected chi connectivity index (χ2v) is 4.98. The molecule has 0 amide bonds. The highest BCUT2D eigenvalue weighted by atomic mass is 35.5. The van der Waals surface area contributed by atoms with Gasteiger partial charge < -0.3 is 0 Å². The normalized spacial score (nSPS) is 10.6. The molecule has 0 bridgehead atoms. The Morgan fingerprint density at radius 3 is 2.80 bits per heavy atom. The van der Waals surface area contributed by atoms with E-state index in [-0.39, 0.29) is 0 Å². The van der Waals surface area contributed by atoms with E-state index in [1.165, 1.54) is 16.0 Å². The number of rotatable bonds is 2. The van der Waals surface area contributed by atoms with Gasteiger partial charge in [-0.1, -0.05) is 29.8 Å². The van der Waals surface area contributed by atoms with Crippen molar-refractivity contribution in [2.75, 3.05) is 0 Å². The molecule has 0 fully saturated rings. The molecule has 1 heterocycles. The molecule has 1 aromatic carbocycles. The number of hydrogen-bond donors (Lipinski definition) is 0. The Morgan fingerprint density at radius 1 is 1.33 bits per heavy atom. The summed E-state index contributed by atoms with van der Waals surface area (Å²) in [5, 5.41) is 1.07. The first-order chi connectivity index (χ1) is 7.20. The van der Waals surface area contributed by atoms with E-state index in [0.29, 0.717) is 5.88 Å². The van der Waals surface area contributed by atoms with Crippen molar-refractivity contribution < 1.29 is 0 Å². The fraction of sp³-hybridized carbons (Fsp3) is 0.250. The summed E-state index contributed by atoms with van der Waals surface area (Å²) >= 11 is 7.58.